The molecule has 1 fully saturated rings. The van der Waals surface area contributed by atoms with E-state index in [1.54, 1.807) is 30.1 Å². The molecule has 1 N–H and O–H groups in total. The van der Waals surface area contributed by atoms with Crippen molar-refractivity contribution >= 4 is 11.6 Å². The van der Waals surface area contributed by atoms with Crippen LogP contribution in [0.25, 0.3) is 0 Å². The minimum atomic E-state index is -0.0761. The van der Waals surface area contributed by atoms with Crippen molar-refractivity contribution < 1.29 is 9.53 Å². The molecular formula is C19H28N6O3. The van der Waals surface area contributed by atoms with E-state index in [0.29, 0.717) is 31.9 Å². The number of carbonyl (C=O) groups excluding carboxylic acids is 1. The van der Waals surface area contributed by atoms with Crippen LogP contribution < -0.4 is 11.0 Å². The van der Waals surface area contributed by atoms with Gasteiger partial charge in [0.2, 0.25) is 5.91 Å². The van der Waals surface area contributed by atoms with E-state index in [1.165, 1.54) is 4.68 Å². The standard InChI is InChI=1S/C19H28N6O3/c1-3-24-18(22-25(19(24)27)11-12-28-2)15-6-9-23(10-7-15)14-17(26)21-16-5-4-8-20-13-16/h4-5,8,13,15H,3,6-7,9-12,14H2,1-2H3,(H,21,26). The van der Waals surface area contributed by atoms with E-state index in [2.05, 4.69) is 20.3 Å². The van der Waals surface area contributed by atoms with Gasteiger partial charge in [0.05, 0.1) is 31.6 Å². The van der Waals surface area contributed by atoms with Gasteiger partial charge in [-0.2, -0.15) is 5.10 Å². The lowest BCUT2D eigenvalue weighted by atomic mass is 9.96. The molecule has 1 aliphatic heterocycles. The molecule has 9 nitrogen and oxygen atoms in total. The maximum absolute atomic E-state index is 12.5. The molecule has 1 aliphatic rings. The third-order valence-electron chi connectivity index (χ3n) is 5.04. The fourth-order valence-corrected chi connectivity index (χ4v) is 3.57. The van der Waals surface area contributed by atoms with Crippen molar-refractivity contribution in [2.24, 2.45) is 0 Å². The molecule has 0 saturated carbocycles. The third kappa shape index (κ3) is 4.85. The van der Waals surface area contributed by atoms with Crippen LogP contribution >= 0.6 is 0 Å². The molecule has 0 radical (unpaired) electrons. The largest absolute Gasteiger partial charge is 0.383 e. The van der Waals surface area contributed by atoms with Crippen molar-refractivity contribution in [3.8, 4) is 0 Å². The molecule has 28 heavy (non-hydrogen) atoms. The molecule has 152 valence electrons. The van der Waals surface area contributed by atoms with Gasteiger partial charge in [0.15, 0.2) is 0 Å². The number of ether oxygens (including phenoxy) is 1. The fraction of sp³-hybridized carbons (Fsp3) is 0.579. The Bertz CT molecular complexity index is 824. The highest BCUT2D eigenvalue weighted by Crippen LogP contribution is 2.26. The second-order valence-electron chi connectivity index (χ2n) is 6.94. The van der Waals surface area contributed by atoms with Crippen LogP contribution in [0.1, 0.15) is 31.5 Å². The minimum absolute atomic E-state index is 0.0410. The van der Waals surface area contributed by atoms with E-state index >= 15 is 0 Å². The van der Waals surface area contributed by atoms with Crippen molar-refractivity contribution in [3.63, 3.8) is 0 Å². The van der Waals surface area contributed by atoms with Crippen LogP contribution in [0.4, 0.5) is 5.69 Å². The van der Waals surface area contributed by atoms with Crippen LogP contribution in [0, 0.1) is 0 Å². The maximum Gasteiger partial charge on any atom is 0.345 e. The summed E-state index contributed by atoms with van der Waals surface area (Å²) >= 11 is 0. The molecule has 3 rings (SSSR count). The number of anilines is 1. The molecule has 3 heterocycles. The molecule has 1 amide bonds. The number of carbonyl (C=O) groups is 1. The Morgan fingerprint density at radius 2 is 2.14 bits per heavy atom. The zero-order valence-electron chi connectivity index (χ0n) is 16.5. The molecule has 0 bridgehead atoms. The molecule has 9 heteroatoms. The quantitative estimate of drug-likeness (QED) is 0.723. The maximum atomic E-state index is 12.5. The van der Waals surface area contributed by atoms with Gasteiger partial charge in [0.25, 0.3) is 0 Å². The summed E-state index contributed by atoms with van der Waals surface area (Å²) in [4.78, 5) is 30.9. The van der Waals surface area contributed by atoms with Gasteiger partial charge in [-0.25, -0.2) is 9.48 Å². The van der Waals surface area contributed by atoms with Gasteiger partial charge in [-0.1, -0.05) is 0 Å². The minimum Gasteiger partial charge on any atom is -0.383 e. The molecule has 0 spiro atoms. The van der Waals surface area contributed by atoms with E-state index in [9.17, 15) is 9.59 Å². The first kappa shape index (κ1) is 20.2. The average Bonchev–Trinajstić information content (AvgIpc) is 3.03. The molecule has 1 saturated heterocycles. The van der Waals surface area contributed by atoms with E-state index in [4.69, 9.17) is 4.74 Å². The van der Waals surface area contributed by atoms with Crippen LogP contribution in [0.5, 0.6) is 0 Å². The normalized spacial score (nSPS) is 15.6. The predicted octanol–water partition coefficient (Wildman–Crippen LogP) is 0.924. The smallest absolute Gasteiger partial charge is 0.345 e. The molecule has 0 aromatic carbocycles. The first-order chi connectivity index (χ1) is 13.6. The van der Waals surface area contributed by atoms with Crippen LogP contribution in [0.3, 0.4) is 0 Å². The van der Waals surface area contributed by atoms with Crippen molar-refractivity contribution in [1.82, 2.24) is 24.2 Å². The lowest BCUT2D eigenvalue weighted by Crippen LogP contribution is -2.39. The van der Waals surface area contributed by atoms with E-state index in [-0.39, 0.29) is 17.5 Å². The second kappa shape index (κ2) is 9.61. The van der Waals surface area contributed by atoms with Crippen LogP contribution in [0.15, 0.2) is 29.3 Å². The molecule has 2 aromatic rings. The van der Waals surface area contributed by atoms with E-state index < -0.39 is 0 Å². The van der Waals surface area contributed by atoms with Crippen molar-refractivity contribution in [2.75, 3.05) is 38.7 Å². The molecular weight excluding hydrogens is 360 g/mol. The van der Waals surface area contributed by atoms with Crippen LogP contribution in [0.2, 0.25) is 0 Å². The monoisotopic (exact) mass is 388 g/mol. The first-order valence-electron chi connectivity index (χ1n) is 9.71. The number of methoxy groups -OCH3 is 1. The van der Waals surface area contributed by atoms with Crippen LogP contribution in [-0.2, 0) is 22.6 Å². The SMILES string of the molecule is CCn1c(C2CCN(CC(=O)Nc3cccnc3)CC2)nn(CCOC)c1=O. The summed E-state index contributed by atoms with van der Waals surface area (Å²) in [7, 11) is 1.61. The van der Waals surface area contributed by atoms with Gasteiger partial charge in [0, 0.05) is 25.8 Å². The molecule has 0 atom stereocenters. The fourth-order valence-electron chi connectivity index (χ4n) is 3.57. The number of amides is 1. The summed E-state index contributed by atoms with van der Waals surface area (Å²) < 4.78 is 8.32. The lowest BCUT2D eigenvalue weighted by molar-refractivity contribution is -0.117. The van der Waals surface area contributed by atoms with Gasteiger partial charge in [-0.3, -0.25) is 19.2 Å². The summed E-state index contributed by atoms with van der Waals surface area (Å²) in [6, 6.07) is 3.61. The van der Waals surface area contributed by atoms with Crippen molar-refractivity contribution in [1.29, 1.82) is 0 Å². The number of nitrogens with zero attached hydrogens (tertiary/aromatic N) is 5. The summed E-state index contributed by atoms with van der Waals surface area (Å²) in [5, 5.41) is 7.43. The zero-order valence-corrected chi connectivity index (χ0v) is 16.5. The highest BCUT2D eigenvalue weighted by molar-refractivity contribution is 5.92. The zero-order chi connectivity index (χ0) is 19.9. The van der Waals surface area contributed by atoms with Crippen molar-refractivity contribution in [2.45, 2.75) is 38.8 Å². The van der Waals surface area contributed by atoms with Gasteiger partial charge >= 0.3 is 5.69 Å². The van der Waals surface area contributed by atoms with E-state index in [1.807, 2.05) is 13.0 Å². The predicted molar refractivity (Wildman–Crippen MR) is 105 cm³/mol. The highest BCUT2D eigenvalue weighted by atomic mass is 16.5. The number of piperidine rings is 1. The van der Waals surface area contributed by atoms with Crippen molar-refractivity contribution in [3.05, 3.63) is 40.8 Å². The number of hydrogen-bond acceptors (Lipinski definition) is 6. The third-order valence-corrected chi connectivity index (χ3v) is 5.04. The molecule has 2 aromatic heterocycles. The number of aromatic nitrogens is 4. The molecule has 0 aliphatic carbocycles. The first-order valence-corrected chi connectivity index (χ1v) is 9.71. The number of nitrogens with one attached hydrogen (secondary N) is 1. The molecule has 0 unspecified atom stereocenters. The number of pyridine rings is 1. The van der Waals surface area contributed by atoms with Crippen LogP contribution in [-0.4, -0.2) is 63.5 Å². The van der Waals surface area contributed by atoms with E-state index in [0.717, 1.165) is 31.8 Å². The van der Waals surface area contributed by atoms with Gasteiger partial charge < -0.3 is 10.1 Å². The Labute approximate surface area is 164 Å². The number of likely N-dealkylation sites (tertiary alicyclic amines) is 1. The number of rotatable bonds is 8. The summed E-state index contributed by atoms with van der Waals surface area (Å²) in [5.74, 6) is 1.04. The number of hydrogen-bond donors (Lipinski definition) is 1. The lowest BCUT2D eigenvalue weighted by Gasteiger charge is -2.30. The Balaban J connectivity index is 1.56. The summed E-state index contributed by atoms with van der Waals surface area (Å²) in [5.41, 5.74) is 0.628. The summed E-state index contributed by atoms with van der Waals surface area (Å²) in [6.07, 6.45) is 5.06. The van der Waals surface area contributed by atoms with Gasteiger partial charge in [0.1, 0.15) is 5.82 Å². The second-order valence-corrected chi connectivity index (χ2v) is 6.94. The van der Waals surface area contributed by atoms with Gasteiger partial charge in [-0.05, 0) is 45.0 Å². The average molecular weight is 388 g/mol. The topological polar surface area (TPSA) is 94.3 Å². The Kier molecular flexibility index (Phi) is 6.94. The van der Waals surface area contributed by atoms with Gasteiger partial charge in [-0.15, -0.1) is 0 Å². The highest BCUT2D eigenvalue weighted by Gasteiger charge is 2.27. The summed E-state index contributed by atoms with van der Waals surface area (Å²) in [6.45, 7) is 5.44. The Morgan fingerprint density at radius 3 is 2.79 bits per heavy atom. The Hall–Kier alpha value is -2.52. The Morgan fingerprint density at radius 1 is 1.36 bits per heavy atom.